The molecule has 3 aromatic rings. The van der Waals surface area contributed by atoms with E-state index in [0.717, 1.165) is 61.4 Å². The maximum Gasteiger partial charge on any atom is 0.225 e. The number of hydrogen-bond donors (Lipinski definition) is 1. The van der Waals surface area contributed by atoms with Gasteiger partial charge < -0.3 is 19.6 Å². The first kappa shape index (κ1) is 27.7. The molecule has 0 spiro atoms. The Bertz CT molecular complexity index is 1410. The van der Waals surface area contributed by atoms with Gasteiger partial charge in [-0.1, -0.05) is 24.3 Å². The molecule has 1 aliphatic carbocycles. The standard InChI is InChI=1S/C32H40N6O3/c1-23(22-39)35-11-8-32(41-2,9-12-35)28-5-3-25(4-6-28)27-19-30-29(7-10-34-38(30)21-27)36-13-15-37(16-14-36)31(40)26-17-24(18-26)20-33/h3-7,10,19,21,23-24,26,39H,8-9,11-18,22H2,1-2H3/t23-,24?,26?/m0/s1. The van der Waals surface area contributed by atoms with Crippen molar-refractivity contribution in [2.24, 2.45) is 11.8 Å². The van der Waals surface area contributed by atoms with Gasteiger partial charge in [-0.3, -0.25) is 9.69 Å². The normalized spacial score (nSPS) is 23.7. The van der Waals surface area contributed by atoms with E-state index in [1.807, 2.05) is 15.6 Å². The van der Waals surface area contributed by atoms with Gasteiger partial charge in [0.1, 0.15) is 0 Å². The fourth-order valence-electron chi connectivity index (χ4n) is 6.79. The molecule has 2 aromatic heterocycles. The topological polar surface area (TPSA) is 97.3 Å². The maximum absolute atomic E-state index is 12.8. The molecule has 1 N–H and O–H groups in total. The number of nitrogens with zero attached hydrogens (tertiary/aromatic N) is 6. The minimum atomic E-state index is -0.302. The number of aliphatic hydroxyl groups is 1. The SMILES string of the molecule is COC1(c2ccc(-c3cc4c(N5CCN(C(=O)C6CC(C#N)C6)CC5)ccnn4c3)cc2)CCN([C@@H](C)CO)CC1. The third-order valence-electron chi connectivity index (χ3n) is 9.72. The van der Waals surface area contributed by atoms with Gasteiger partial charge in [0.05, 0.1) is 29.5 Å². The van der Waals surface area contributed by atoms with E-state index >= 15 is 0 Å². The fraction of sp³-hybridized carbons (Fsp3) is 0.531. The molecule has 1 atom stereocenters. The molecule has 1 aromatic carbocycles. The molecule has 0 radical (unpaired) electrons. The van der Waals surface area contributed by atoms with E-state index in [2.05, 4.69) is 70.5 Å². The van der Waals surface area contributed by atoms with Gasteiger partial charge >= 0.3 is 0 Å². The summed E-state index contributed by atoms with van der Waals surface area (Å²) >= 11 is 0. The van der Waals surface area contributed by atoms with E-state index < -0.39 is 0 Å². The fourth-order valence-corrected chi connectivity index (χ4v) is 6.79. The second kappa shape index (κ2) is 11.4. The Balaban J connectivity index is 1.14. The Morgan fingerprint density at radius 1 is 1.10 bits per heavy atom. The number of aromatic nitrogens is 2. The number of hydrogen-bond acceptors (Lipinski definition) is 7. The number of likely N-dealkylation sites (tertiary alicyclic amines) is 1. The molecule has 0 bridgehead atoms. The minimum Gasteiger partial charge on any atom is -0.395 e. The van der Waals surface area contributed by atoms with Gasteiger partial charge in [-0.05, 0) is 55.9 Å². The molecule has 1 saturated carbocycles. The van der Waals surface area contributed by atoms with Crippen molar-refractivity contribution in [1.82, 2.24) is 19.4 Å². The first-order chi connectivity index (χ1) is 19.9. The third kappa shape index (κ3) is 5.21. The van der Waals surface area contributed by atoms with E-state index in [0.29, 0.717) is 25.9 Å². The first-order valence-corrected chi connectivity index (χ1v) is 14.9. The van der Waals surface area contributed by atoms with Crippen molar-refractivity contribution < 1.29 is 14.6 Å². The summed E-state index contributed by atoms with van der Waals surface area (Å²) in [7, 11) is 1.81. The number of piperazine rings is 1. The number of piperidine rings is 1. The quantitative estimate of drug-likeness (QED) is 0.476. The Morgan fingerprint density at radius 2 is 1.80 bits per heavy atom. The van der Waals surface area contributed by atoms with Gasteiger partial charge in [0.25, 0.3) is 0 Å². The summed E-state index contributed by atoms with van der Waals surface area (Å²) in [5.74, 6) is 0.292. The number of fused-ring (bicyclic) bond motifs is 1. The molecule has 1 amide bonds. The third-order valence-corrected chi connectivity index (χ3v) is 9.72. The molecule has 0 unspecified atom stereocenters. The number of rotatable bonds is 7. The number of carbonyl (C=O) groups is 1. The highest BCUT2D eigenvalue weighted by atomic mass is 16.5. The number of amides is 1. The van der Waals surface area contributed by atoms with Gasteiger partial charge in [0, 0.05) is 82.2 Å². The van der Waals surface area contributed by atoms with Crippen molar-refractivity contribution in [3.8, 4) is 17.2 Å². The van der Waals surface area contributed by atoms with Gasteiger partial charge in [0.15, 0.2) is 0 Å². The summed E-state index contributed by atoms with van der Waals surface area (Å²) in [6.45, 7) is 7.02. The number of aliphatic hydroxyl groups excluding tert-OH is 1. The zero-order valence-corrected chi connectivity index (χ0v) is 24.1. The van der Waals surface area contributed by atoms with E-state index in [4.69, 9.17) is 10.00 Å². The molecular formula is C32H40N6O3. The summed E-state index contributed by atoms with van der Waals surface area (Å²) in [6.07, 6.45) is 7.14. The average Bonchev–Trinajstić information content (AvgIpc) is 3.45. The first-order valence-electron chi connectivity index (χ1n) is 14.9. The lowest BCUT2D eigenvalue weighted by atomic mass is 9.75. The zero-order chi connectivity index (χ0) is 28.6. The molecular weight excluding hydrogens is 516 g/mol. The van der Waals surface area contributed by atoms with Crippen LogP contribution in [-0.4, -0.2) is 89.5 Å². The molecule has 9 nitrogen and oxygen atoms in total. The van der Waals surface area contributed by atoms with Crippen LogP contribution in [0.25, 0.3) is 16.6 Å². The zero-order valence-electron chi connectivity index (χ0n) is 24.1. The predicted octanol–water partition coefficient (Wildman–Crippen LogP) is 3.52. The highest BCUT2D eigenvalue weighted by molar-refractivity contribution is 5.82. The molecule has 6 rings (SSSR count). The monoisotopic (exact) mass is 556 g/mol. The van der Waals surface area contributed by atoms with Crippen LogP contribution in [0, 0.1) is 23.2 Å². The average molecular weight is 557 g/mol. The van der Waals surface area contributed by atoms with Crippen molar-refractivity contribution in [1.29, 1.82) is 5.26 Å². The number of benzene rings is 1. The van der Waals surface area contributed by atoms with E-state index in [9.17, 15) is 9.90 Å². The van der Waals surface area contributed by atoms with Crippen LogP contribution >= 0.6 is 0 Å². The second-order valence-electron chi connectivity index (χ2n) is 11.9. The summed E-state index contributed by atoms with van der Waals surface area (Å²) in [5.41, 5.74) is 5.32. The predicted molar refractivity (Wildman–Crippen MR) is 157 cm³/mol. The molecule has 3 fully saturated rings. The number of nitriles is 1. The summed E-state index contributed by atoms with van der Waals surface area (Å²) in [5, 5.41) is 23.2. The lowest BCUT2D eigenvalue weighted by molar-refractivity contribution is -0.139. The van der Waals surface area contributed by atoms with Crippen molar-refractivity contribution in [3.05, 3.63) is 54.4 Å². The molecule has 3 aliphatic rings. The van der Waals surface area contributed by atoms with E-state index in [1.165, 1.54) is 5.56 Å². The van der Waals surface area contributed by atoms with E-state index in [-0.39, 0.29) is 36.0 Å². The van der Waals surface area contributed by atoms with Crippen molar-refractivity contribution in [2.45, 2.75) is 44.2 Å². The van der Waals surface area contributed by atoms with Crippen LogP contribution in [0.3, 0.4) is 0 Å². The number of ether oxygens (including phenoxy) is 1. The van der Waals surface area contributed by atoms with Crippen LogP contribution in [0.2, 0.25) is 0 Å². The Kier molecular flexibility index (Phi) is 7.73. The van der Waals surface area contributed by atoms with Crippen molar-refractivity contribution >= 4 is 17.1 Å². The van der Waals surface area contributed by atoms with Crippen LogP contribution in [-0.2, 0) is 15.1 Å². The van der Waals surface area contributed by atoms with Gasteiger partial charge in [-0.2, -0.15) is 10.4 Å². The molecule has 216 valence electrons. The second-order valence-corrected chi connectivity index (χ2v) is 11.9. The van der Waals surface area contributed by atoms with Crippen LogP contribution in [0.5, 0.6) is 0 Å². The summed E-state index contributed by atoms with van der Waals surface area (Å²) < 4.78 is 8.06. The highest BCUT2D eigenvalue weighted by Gasteiger charge is 2.38. The summed E-state index contributed by atoms with van der Waals surface area (Å²) in [6, 6.07) is 15.4. The molecule has 41 heavy (non-hydrogen) atoms. The molecule has 4 heterocycles. The van der Waals surface area contributed by atoms with Crippen molar-refractivity contribution in [2.75, 3.05) is 57.9 Å². The molecule has 2 saturated heterocycles. The van der Waals surface area contributed by atoms with Crippen LogP contribution in [0.1, 0.15) is 38.2 Å². The van der Waals surface area contributed by atoms with Gasteiger partial charge in [0.2, 0.25) is 5.91 Å². The van der Waals surface area contributed by atoms with Crippen molar-refractivity contribution in [3.63, 3.8) is 0 Å². The van der Waals surface area contributed by atoms with Gasteiger partial charge in [-0.25, -0.2) is 4.52 Å². The maximum atomic E-state index is 12.8. The van der Waals surface area contributed by atoms with Crippen LogP contribution in [0.15, 0.2) is 48.8 Å². The Morgan fingerprint density at radius 3 is 2.44 bits per heavy atom. The number of methoxy groups -OCH3 is 1. The lowest BCUT2D eigenvalue weighted by Crippen LogP contribution is -2.52. The molecule has 2 aliphatic heterocycles. The smallest absolute Gasteiger partial charge is 0.225 e. The number of anilines is 1. The van der Waals surface area contributed by atoms with Crippen LogP contribution < -0.4 is 4.90 Å². The van der Waals surface area contributed by atoms with Gasteiger partial charge in [-0.15, -0.1) is 0 Å². The Labute approximate surface area is 241 Å². The minimum absolute atomic E-state index is 0.0277. The van der Waals surface area contributed by atoms with Crippen LogP contribution in [0.4, 0.5) is 5.69 Å². The largest absolute Gasteiger partial charge is 0.395 e. The lowest BCUT2D eigenvalue weighted by Gasteiger charge is -2.43. The Hall–Kier alpha value is -3.45. The number of carbonyl (C=O) groups excluding carboxylic acids is 1. The molecule has 9 heteroatoms. The summed E-state index contributed by atoms with van der Waals surface area (Å²) in [4.78, 5) is 19.5. The highest BCUT2D eigenvalue weighted by Crippen LogP contribution is 2.38. The van der Waals surface area contributed by atoms with E-state index in [1.54, 1.807) is 7.11 Å².